The van der Waals surface area contributed by atoms with Crippen LogP contribution < -0.4 is 11.5 Å². The number of aromatic carboxylic acids is 1. The third-order valence-corrected chi connectivity index (χ3v) is 2.13. The molecule has 0 unspecified atom stereocenters. The van der Waals surface area contributed by atoms with Crippen LogP contribution in [0, 0.1) is 0 Å². The Morgan fingerprint density at radius 3 is 2.93 bits per heavy atom. The van der Waals surface area contributed by atoms with E-state index < -0.39 is 5.97 Å². The maximum Gasteiger partial charge on any atom is 0.356 e. The van der Waals surface area contributed by atoms with Crippen LogP contribution in [0.4, 0.5) is 5.69 Å². The van der Waals surface area contributed by atoms with Gasteiger partial charge in [-0.25, -0.2) is 9.78 Å². The van der Waals surface area contributed by atoms with Crippen LogP contribution in [-0.2, 0) is 6.54 Å². The molecule has 0 atom stereocenters. The van der Waals surface area contributed by atoms with E-state index in [2.05, 4.69) is 4.98 Å². The van der Waals surface area contributed by atoms with E-state index >= 15 is 0 Å². The molecule has 6 nitrogen and oxygen atoms in total. The molecule has 15 heavy (non-hydrogen) atoms. The van der Waals surface area contributed by atoms with Gasteiger partial charge in [0.05, 0.1) is 12.1 Å². The number of carboxylic acid groups (broad SMARTS) is 1. The molecule has 0 aliphatic carbocycles. The minimum atomic E-state index is -1.09. The normalized spacial score (nSPS) is 10.7. The first-order valence-corrected chi connectivity index (χ1v) is 4.33. The first-order valence-electron chi connectivity index (χ1n) is 4.33. The highest BCUT2D eigenvalue weighted by Crippen LogP contribution is 2.16. The van der Waals surface area contributed by atoms with Gasteiger partial charge in [-0.05, 0) is 12.1 Å². The fourth-order valence-electron chi connectivity index (χ4n) is 1.47. The average Bonchev–Trinajstić information content (AvgIpc) is 2.55. The summed E-state index contributed by atoms with van der Waals surface area (Å²) in [6.45, 7) is 0.179. The summed E-state index contributed by atoms with van der Waals surface area (Å²) < 4.78 is 1.62. The van der Waals surface area contributed by atoms with Crippen molar-refractivity contribution < 1.29 is 9.90 Å². The van der Waals surface area contributed by atoms with Crippen molar-refractivity contribution in [2.75, 3.05) is 5.73 Å². The lowest BCUT2D eigenvalue weighted by Gasteiger charge is -1.98. The minimum absolute atomic E-state index is 0.0252. The molecule has 0 fully saturated rings. The summed E-state index contributed by atoms with van der Waals surface area (Å²) >= 11 is 0. The first-order chi connectivity index (χ1) is 7.13. The number of fused-ring (bicyclic) bond motifs is 1. The molecule has 78 valence electrons. The molecule has 2 aromatic rings. The van der Waals surface area contributed by atoms with Crippen LogP contribution in [0.15, 0.2) is 18.3 Å². The molecular weight excluding hydrogens is 196 g/mol. The molecule has 0 bridgehead atoms. The third-order valence-electron chi connectivity index (χ3n) is 2.13. The lowest BCUT2D eigenvalue weighted by atomic mass is 10.3. The molecule has 0 saturated heterocycles. The Bertz CT molecular complexity index is 532. The number of carbonyl (C=O) groups is 1. The van der Waals surface area contributed by atoms with Crippen molar-refractivity contribution in [2.24, 2.45) is 5.73 Å². The van der Waals surface area contributed by atoms with Gasteiger partial charge in [0.25, 0.3) is 0 Å². The van der Waals surface area contributed by atoms with E-state index in [4.69, 9.17) is 16.6 Å². The number of hydrogen-bond donors (Lipinski definition) is 3. The molecular formula is C9H10N4O2. The molecule has 5 N–H and O–H groups in total. The first kappa shape index (κ1) is 9.47. The summed E-state index contributed by atoms with van der Waals surface area (Å²) in [5.41, 5.74) is 12.0. The monoisotopic (exact) mass is 206 g/mol. The lowest BCUT2D eigenvalue weighted by Crippen LogP contribution is -2.02. The average molecular weight is 206 g/mol. The van der Waals surface area contributed by atoms with E-state index in [0.29, 0.717) is 17.0 Å². The van der Waals surface area contributed by atoms with Gasteiger partial charge in [-0.15, -0.1) is 0 Å². The quantitative estimate of drug-likeness (QED) is 0.644. The van der Waals surface area contributed by atoms with Gasteiger partial charge >= 0.3 is 5.97 Å². The zero-order valence-corrected chi connectivity index (χ0v) is 7.84. The summed E-state index contributed by atoms with van der Waals surface area (Å²) in [6, 6.07) is 3.23. The Morgan fingerprint density at radius 2 is 2.33 bits per heavy atom. The Morgan fingerprint density at radius 1 is 1.60 bits per heavy atom. The number of anilines is 1. The zero-order chi connectivity index (χ0) is 11.0. The highest BCUT2D eigenvalue weighted by molar-refractivity contribution is 5.94. The lowest BCUT2D eigenvalue weighted by molar-refractivity contribution is 0.0693. The van der Waals surface area contributed by atoms with Gasteiger partial charge in [-0.1, -0.05) is 0 Å². The number of rotatable bonds is 2. The molecule has 0 amide bonds. The highest BCUT2D eigenvalue weighted by atomic mass is 16.4. The van der Waals surface area contributed by atoms with Crippen LogP contribution >= 0.6 is 0 Å². The van der Waals surface area contributed by atoms with Crippen LogP contribution in [-0.4, -0.2) is 20.5 Å². The van der Waals surface area contributed by atoms with E-state index in [9.17, 15) is 4.79 Å². The smallest absolute Gasteiger partial charge is 0.356 e. The summed E-state index contributed by atoms with van der Waals surface area (Å²) in [4.78, 5) is 14.8. The molecule has 0 saturated carbocycles. The Labute approximate surface area is 85.1 Å². The van der Waals surface area contributed by atoms with E-state index in [-0.39, 0.29) is 12.2 Å². The van der Waals surface area contributed by atoms with Gasteiger partial charge < -0.3 is 21.0 Å². The maximum atomic E-state index is 10.9. The van der Waals surface area contributed by atoms with E-state index in [0.717, 1.165) is 0 Å². The number of nitrogens with zero attached hydrogens (tertiary/aromatic N) is 2. The van der Waals surface area contributed by atoms with Crippen LogP contribution in [0.2, 0.25) is 0 Å². The summed E-state index contributed by atoms with van der Waals surface area (Å²) in [7, 11) is 0. The predicted molar refractivity (Wildman–Crippen MR) is 54.5 cm³/mol. The molecule has 2 rings (SSSR count). The SMILES string of the molecule is NCc1nc(C(=O)O)c2cc(N)ccn12. The summed E-state index contributed by atoms with van der Waals surface area (Å²) in [5, 5.41) is 8.93. The third kappa shape index (κ3) is 1.40. The molecule has 6 heteroatoms. The van der Waals surface area contributed by atoms with Crippen molar-refractivity contribution >= 4 is 17.2 Å². The van der Waals surface area contributed by atoms with Crippen LogP contribution in [0.5, 0.6) is 0 Å². The number of carboxylic acids is 1. The van der Waals surface area contributed by atoms with Crippen molar-refractivity contribution in [2.45, 2.75) is 6.54 Å². The van der Waals surface area contributed by atoms with E-state index in [1.54, 1.807) is 22.7 Å². The van der Waals surface area contributed by atoms with Crippen molar-refractivity contribution in [3.63, 3.8) is 0 Å². The minimum Gasteiger partial charge on any atom is -0.476 e. The Kier molecular flexibility index (Phi) is 2.05. The zero-order valence-electron chi connectivity index (χ0n) is 7.84. The van der Waals surface area contributed by atoms with Gasteiger partial charge in [0.1, 0.15) is 5.82 Å². The molecule has 0 radical (unpaired) electrons. The van der Waals surface area contributed by atoms with Gasteiger partial charge in [0, 0.05) is 11.9 Å². The molecule has 0 aliphatic rings. The fraction of sp³-hybridized carbons (Fsp3) is 0.111. The van der Waals surface area contributed by atoms with Crippen LogP contribution in [0.3, 0.4) is 0 Å². The number of nitrogens with two attached hydrogens (primary N) is 2. The summed E-state index contributed by atoms with van der Waals surface area (Å²) in [5.74, 6) is -0.583. The second-order valence-electron chi connectivity index (χ2n) is 3.10. The summed E-state index contributed by atoms with van der Waals surface area (Å²) in [6.07, 6.45) is 1.66. The van der Waals surface area contributed by atoms with Crippen molar-refractivity contribution in [1.82, 2.24) is 9.38 Å². The van der Waals surface area contributed by atoms with Crippen LogP contribution in [0.25, 0.3) is 5.52 Å². The van der Waals surface area contributed by atoms with E-state index in [1.807, 2.05) is 0 Å². The van der Waals surface area contributed by atoms with Crippen molar-refractivity contribution in [3.8, 4) is 0 Å². The highest BCUT2D eigenvalue weighted by Gasteiger charge is 2.15. The van der Waals surface area contributed by atoms with Gasteiger partial charge in [0.2, 0.25) is 0 Å². The number of imidazole rings is 1. The molecule has 0 aromatic carbocycles. The van der Waals surface area contributed by atoms with Crippen molar-refractivity contribution in [1.29, 1.82) is 0 Å². The number of pyridine rings is 1. The Balaban J connectivity index is 2.81. The predicted octanol–water partition coefficient (Wildman–Crippen LogP) is 0.0734. The Hall–Kier alpha value is -2.08. The number of nitrogen functional groups attached to an aromatic ring is 1. The maximum absolute atomic E-state index is 10.9. The van der Waals surface area contributed by atoms with E-state index in [1.165, 1.54) is 0 Å². The van der Waals surface area contributed by atoms with Crippen LogP contribution in [0.1, 0.15) is 16.3 Å². The van der Waals surface area contributed by atoms with Gasteiger partial charge in [-0.2, -0.15) is 0 Å². The second kappa shape index (κ2) is 3.25. The largest absolute Gasteiger partial charge is 0.476 e. The number of aromatic nitrogens is 2. The van der Waals surface area contributed by atoms with Gasteiger partial charge in [-0.3, -0.25) is 0 Å². The molecule has 2 heterocycles. The standard InChI is InChI=1S/C9H10N4O2/c10-4-7-12-8(9(14)15)6-3-5(11)1-2-13(6)7/h1-3H,4,10-11H2,(H,14,15). The molecule has 0 spiro atoms. The molecule has 2 aromatic heterocycles. The fourth-order valence-corrected chi connectivity index (χ4v) is 1.47. The molecule has 0 aliphatic heterocycles. The topological polar surface area (TPSA) is 107 Å². The number of hydrogen-bond acceptors (Lipinski definition) is 4. The second-order valence-corrected chi connectivity index (χ2v) is 3.10. The van der Waals surface area contributed by atoms with Crippen molar-refractivity contribution in [3.05, 3.63) is 29.8 Å². The van der Waals surface area contributed by atoms with Gasteiger partial charge in [0.15, 0.2) is 5.69 Å².